The molecular formula is C20H43N3O4. The molecule has 0 spiro atoms. The van der Waals surface area contributed by atoms with E-state index in [1.807, 2.05) is 20.8 Å². The van der Waals surface area contributed by atoms with Crippen molar-refractivity contribution < 1.29 is 19.1 Å². The van der Waals surface area contributed by atoms with Crippen LogP contribution in [0, 0.1) is 0 Å². The lowest BCUT2D eigenvalue weighted by atomic mass is 10.0. The Bertz CT molecular complexity index is 318. The number of likely N-dealkylation sites (N-methyl/N-ethyl adjacent to an activating group) is 1. The maximum absolute atomic E-state index is 11.0. The highest BCUT2D eigenvalue weighted by atomic mass is 16.5. The predicted octanol–water partition coefficient (Wildman–Crippen LogP) is 2.27. The molecule has 7 nitrogen and oxygen atoms in total. The fourth-order valence-electron chi connectivity index (χ4n) is 1.36. The number of carbonyl (C=O) groups is 2. The van der Waals surface area contributed by atoms with Crippen molar-refractivity contribution in [1.82, 2.24) is 16.0 Å². The molecule has 0 aliphatic heterocycles. The number of hydrogen-bond acceptors (Lipinski definition) is 5. The Morgan fingerprint density at radius 2 is 1.33 bits per heavy atom. The minimum atomic E-state index is -0.0628. The summed E-state index contributed by atoms with van der Waals surface area (Å²) in [5.74, 6) is -0.111. The topological polar surface area (TPSA) is 88.7 Å². The summed E-state index contributed by atoms with van der Waals surface area (Å²) in [7, 11) is 1.72. The number of hydrogen-bond donors (Lipinski definition) is 3. The van der Waals surface area contributed by atoms with Crippen LogP contribution >= 0.6 is 0 Å². The van der Waals surface area contributed by atoms with Crippen molar-refractivity contribution >= 4 is 11.8 Å². The molecule has 0 bridgehead atoms. The first kappa shape index (κ1) is 30.3. The third kappa shape index (κ3) is 36.3. The van der Waals surface area contributed by atoms with E-state index >= 15 is 0 Å². The van der Waals surface area contributed by atoms with Crippen molar-refractivity contribution in [2.75, 3.05) is 53.1 Å². The molecule has 0 aromatic rings. The maximum Gasteiger partial charge on any atom is 0.234 e. The summed E-state index contributed by atoms with van der Waals surface area (Å²) >= 11 is 0. The molecule has 0 aromatic heterocycles. The van der Waals surface area contributed by atoms with Gasteiger partial charge in [0, 0.05) is 20.0 Å². The highest BCUT2D eigenvalue weighted by Crippen LogP contribution is 2.15. The smallest absolute Gasteiger partial charge is 0.234 e. The van der Waals surface area contributed by atoms with Gasteiger partial charge in [-0.1, -0.05) is 45.6 Å². The zero-order valence-electron chi connectivity index (χ0n) is 18.2. The normalized spacial score (nSPS) is 11.0. The standard InChI is InChI=1S/C11H23N3O4.C4H8.C3H6.C2H6/c1-10(15)13-3-5-17-7-8-18-6-4-14-11(16)9-12-2;1-2-4-3-1;1-3-2;1-2/h12H,3-9H2,1-2H3,(H,13,15)(H,14,16);1-4H2;3H,1H2,2H3;1-2H3. The second-order valence-electron chi connectivity index (χ2n) is 5.41. The predicted molar refractivity (Wildman–Crippen MR) is 113 cm³/mol. The lowest BCUT2D eigenvalue weighted by Gasteiger charge is -2.07. The van der Waals surface area contributed by atoms with Crippen molar-refractivity contribution in [1.29, 1.82) is 0 Å². The number of allylic oxidation sites excluding steroid dienone is 1. The summed E-state index contributed by atoms with van der Waals surface area (Å²) in [5, 5.41) is 8.07. The van der Waals surface area contributed by atoms with E-state index in [1.165, 1.54) is 32.6 Å². The Kier molecular flexibility index (Phi) is 32.9. The molecule has 1 saturated carbocycles. The average Bonchev–Trinajstić information content (AvgIpc) is 2.57. The van der Waals surface area contributed by atoms with Gasteiger partial charge in [-0.05, 0) is 14.0 Å². The van der Waals surface area contributed by atoms with Crippen LogP contribution in [0.2, 0.25) is 0 Å². The van der Waals surface area contributed by atoms with Gasteiger partial charge in [-0.25, -0.2) is 0 Å². The van der Waals surface area contributed by atoms with Crippen molar-refractivity contribution in [3.05, 3.63) is 12.7 Å². The van der Waals surface area contributed by atoms with Gasteiger partial charge in [0.15, 0.2) is 0 Å². The fraction of sp³-hybridized carbons (Fsp3) is 0.800. The molecule has 27 heavy (non-hydrogen) atoms. The minimum absolute atomic E-state index is 0.0485. The Labute approximate surface area is 166 Å². The maximum atomic E-state index is 11.0. The van der Waals surface area contributed by atoms with Gasteiger partial charge in [0.1, 0.15) is 0 Å². The number of rotatable bonds is 11. The van der Waals surface area contributed by atoms with Crippen LogP contribution in [0.25, 0.3) is 0 Å². The largest absolute Gasteiger partial charge is 0.377 e. The summed E-state index contributed by atoms with van der Waals surface area (Å²) < 4.78 is 10.5. The number of ether oxygens (including phenoxy) is 2. The average molecular weight is 390 g/mol. The molecule has 0 saturated heterocycles. The van der Waals surface area contributed by atoms with Crippen LogP contribution in [-0.2, 0) is 19.1 Å². The Balaban J connectivity index is -0.000000525. The van der Waals surface area contributed by atoms with Crippen LogP contribution in [0.15, 0.2) is 12.7 Å². The SMILES string of the molecule is C1CCC1.C=CC.CC.CNCC(=O)NCCOCCOCCNC(C)=O. The molecule has 1 fully saturated rings. The lowest BCUT2D eigenvalue weighted by molar-refractivity contribution is -0.120. The van der Waals surface area contributed by atoms with E-state index in [4.69, 9.17) is 9.47 Å². The Hall–Kier alpha value is -1.44. The first-order valence-corrected chi connectivity index (χ1v) is 9.96. The number of amides is 2. The van der Waals surface area contributed by atoms with Crippen molar-refractivity contribution in [3.8, 4) is 0 Å². The molecule has 0 radical (unpaired) electrons. The van der Waals surface area contributed by atoms with Crippen molar-refractivity contribution in [3.63, 3.8) is 0 Å². The molecule has 1 aliphatic carbocycles. The second-order valence-corrected chi connectivity index (χ2v) is 5.41. The molecule has 1 aliphatic rings. The van der Waals surface area contributed by atoms with E-state index in [2.05, 4.69) is 22.5 Å². The third-order valence-electron chi connectivity index (χ3n) is 2.90. The van der Waals surface area contributed by atoms with E-state index in [0.717, 1.165) is 0 Å². The highest BCUT2D eigenvalue weighted by Gasteiger charge is 1.97. The van der Waals surface area contributed by atoms with Crippen LogP contribution in [-0.4, -0.2) is 64.9 Å². The van der Waals surface area contributed by atoms with Crippen LogP contribution in [0.1, 0.15) is 53.4 Å². The van der Waals surface area contributed by atoms with E-state index < -0.39 is 0 Å². The molecule has 0 heterocycles. The quantitative estimate of drug-likeness (QED) is 0.373. The van der Waals surface area contributed by atoms with Gasteiger partial charge in [-0.3, -0.25) is 9.59 Å². The number of nitrogens with one attached hydrogen (secondary N) is 3. The molecule has 0 aromatic carbocycles. The summed E-state index contributed by atoms with van der Waals surface area (Å²) in [6, 6.07) is 0. The Morgan fingerprint density at radius 3 is 1.67 bits per heavy atom. The van der Waals surface area contributed by atoms with Gasteiger partial charge < -0.3 is 25.4 Å². The molecule has 0 unspecified atom stereocenters. The van der Waals surface area contributed by atoms with Gasteiger partial charge in [0.2, 0.25) is 11.8 Å². The molecule has 0 atom stereocenters. The second kappa shape index (κ2) is 29.3. The summed E-state index contributed by atoms with van der Waals surface area (Å²) in [6.45, 7) is 13.9. The van der Waals surface area contributed by atoms with E-state index in [-0.39, 0.29) is 11.8 Å². The van der Waals surface area contributed by atoms with Crippen molar-refractivity contribution in [2.24, 2.45) is 0 Å². The summed E-state index contributed by atoms with van der Waals surface area (Å²) in [4.78, 5) is 21.5. The zero-order valence-corrected chi connectivity index (χ0v) is 18.2. The Morgan fingerprint density at radius 1 is 0.926 bits per heavy atom. The zero-order chi connectivity index (χ0) is 21.2. The van der Waals surface area contributed by atoms with Gasteiger partial charge in [-0.2, -0.15) is 0 Å². The molecule has 1 rings (SSSR count). The fourth-order valence-corrected chi connectivity index (χ4v) is 1.36. The first-order valence-electron chi connectivity index (χ1n) is 9.96. The van der Waals surface area contributed by atoms with Crippen LogP contribution < -0.4 is 16.0 Å². The highest BCUT2D eigenvalue weighted by molar-refractivity contribution is 5.77. The van der Waals surface area contributed by atoms with Crippen LogP contribution in [0.5, 0.6) is 0 Å². The lowest BCUT2D eigenvalue weighted by Crippen LogP contribution is -2.34. The molecule has 3 N–H and O–H groups in total. The monoisotopic (exact) mass is 389 g/mol. The van der Waals surface area contributed by atoms with Crippen molar-refractivity contribution in [2.45, 2.75) is 53.4 Å². The van der Waals surface area contributed by atoms with Crippen LogP contribution in [0.4, 0.5) is 0 Å². The summed E-state index contributed by atoms with van der Waals surface area (Å²) in [6.07, 6.45) is 7.75. The first-order chi connectivity index (χ1) is 13.1. The molecule has 162 valence electrons. The van der Waals surface area contributed by atoms with Gasteiger partial charge in [0.25, 0.3) is 0 Å². The van der Waals surface area contributed by atoms with Crippen LogP contribution in [0.3, 0.4) is 0 Å². The van der Waals surface area contributed by atoms with E-state index in [9.17, 15) is 9.59 Å². The third-order valence-corrected chi connectivity index (χ3v) is 2.90. The van der Waals surface area contributed by atoms with Gasteiger partial charge in [-0.15, -0.1) is 6.58 Å². The summed E-state index contributed by atoms with van der Waals surface area (Å²) in [5.41, 5.74) is 0. The van der Waals surface area contributed by atoms with Gasteiger partial charge in [0.05, 0.1) is 33.0 Å². The van der Waals surface area contributed by atoms with E-state index in [1.54, 1.807) is 13.1 Å². The molecule has 7 heteroatoms. The van der Waals surface area contributed by atoms with Gasteiger partial charge >= 0.3 is 0 Å². The minimum Gasteiger partial charge on any atom is -0.377 e. The van der Waals surface area contributed by atoms with E-state index in [0.29, 0.717) is 46.1 Å². The molecular weight excluding hydrogens is 346 g/mol. The molecule has 2 amide bonds. The number of carbonyl (C=O) groups excluding carboxylic acids is 2.